The minimum Gasteiger partial charge on any atom is -0.495 e. The summed E-state index contributed by atoms with van der Waals surface area (Å²) in [5.41, 5.74) is 8.95. The number of rotatable bonds is 3. The third-order valence-electron chi connectivity index (χ3n) is 2.97. The fourth-order valence-electron chi connectivity index (χ4n) is 1.87. The van der Waals surface area contributed by atoms with Gasteiger partial charge in [-0.3, -0.25) is 0 Å². The summed E-state index contributed by atoms with van der Waals surface area (Å²) in [5.74, 6) is 0.387. The third kappa shape index (κ3) is 2.94. The van der Waals surface area contributed by atoms with Gasteiger partial charge in [-0.15, -0.1) is 0 Å². The van der Waals surface area contributed by atoms with Gasteiger partial charge in [-0.05, 0) is 36.2 Å². The summed E-state index contributed by atoms with van der Waals surface area (Å²) in [7, 11) is 1.57. The zero-order valence-electron chi connectivity index (χ0n) is 11.0. The predicted octanol–water partition coefficient (Wildman–Crippen LogP) is 3.90. The van der Waals surface area contributed by atoms with Crippen molar-refractivity contribution < 1.29 is 9.13 Å². The first kappa shape index (κ1) is 13.1. The van der Waals surface area contributed by atoms with Crippen molar-refractivity contribution in [1.82, 2.24) is 0 Å². The van der Waals surface area contributed by atoms with Crippen molar-refractivity contribution in [3.8, 4) is 5.75 Å². The van der Waals surface area contributed by atoms with Crippen molar-refractivity contribution in [1.29, 1.82) is 0 Å². The minimum absolute atomic E-state index is 0.237. The molecule has 2 N–H and O–H groups in total. The number of nitrogens with two attached hydrogens (primary N) is 1. The molecule has 0 saturated carbocycles. The van der Waals surface area contributed by atoms with Crippen LogP contribution in [0, 0.1) is 12.7 Å². The summed E-state index contributed by atoms with van der Waals surface area (Å²) in [5, 5.41) is 0. The molecule has 0 aliphatic heterocycles. The van der Waals surface area contributed by atoms with Gasteiger partial charge in [0.05, 0.1) is 12.8 Å². The van der Waals surface area contributed by atoms with Crippen LogP contribution in [0.2, 0.25) is 0 Å². The van der Waals surface area contributed by atoms with Gasteiger partial charge in [-0.2, -0.15) is 0 Å². The van der Waals surface area contributed by atoms with Crippen LogP contribution >= 0.6 is 0 Å². The van der Waals surface area contributed by atoms with E-state index in [1.54, 1.807) is 31.4 Å². The Labute approximate surface area is 112 Å². The van der Waals surface area contributed by atoms with Gasteiger partial charge in [0.25, 0.3) is 0 Å². The summed E-state index contributed by atoms with van der Waals surface area (Å²) in [6.07, 6.45) is 3.60. The summed E-state index contributed by atoms with van der Waals surface area (Å²) in [4.78, 5) is 0. The number of benzene rings is 2. The van der Waals surface area contributed by atoms with E-state index in [-0.39, 0.29) is 5.82 Å². The van der Waals surface area contributed by atoms with Crippen molar-refractivity contribution in [2.45, 2.75) is 6.92 Å². The minimum atomic E-state index is -0.237. The molecule has 0 heterocycles. The van der Waals surface area contributed by atoms with Gasteiger partial charge in [-0.25, -0.2) is 4.39 Å². The maximum Gasteiger partial charge on any atom is 0.142 e. The number of halogens is 1. The zero-order chi connectivity index (χ0) is 13.8. The Morgan fingerprint density at radius 1 is 1.11 bits per heavy atom. The second-order valence-electron chi connectivity index (χ2n) is 4.31. The lowest BCUT2D eigenvalue weighted by Crippen LogP contribution is -1.94. The number of ether oxygens (including phenoxy) is 1. The molecular weight excluding hydrogens is 241 g/mol. The Balaban J connectivity index is 2.36. The average Bonchev–Trinajstić information content (AvgIpc) is 2.39. The van der Waals surface area contributed by atoms with Gasteiger partial charge >= 0.3 is 0 Å². The van der Waals surface area contributed by atoms with Crippen LogP contribution in [-0.4, -0.2) is 7.11 Å². The summed E-state index contributed by atoms with van der Waals surface area (Å²) in [6, 6.07) is 10.3. The molecule has 0 fully saturated rings. The molecule has 0 unspecified atom stereocenters. The number of hydrogen-bond acceptors (Lipinski definition) is 2. The lowest BCUT2D eigenvalue weighted by molar-refractivity contribution is 0.417. The number of nitrogen functional groups attached to an aromatic ring is 1. The number of hydrogen-bond donors (Lipinski definition) is 1. The first-order chi connectivity index (χ1) is 9.11. The second-order valence-corrected chi connectivity index (χ2v) is 4.31. The molecule has 0 aliphatic rings. The van der Waals surface area contributed by atoms with E-state index in [0.29, 0.717) is 17.0 Å². The Morgan fingerprint density at radius 3 is 2.47 bits per heavy atom. The topological polar surface area (TPSA) is 35.2 Å². The molecule has 19 heavy (non-hydrogen) atoms. The molecule has 2 nitrogen and oxygen atoms in total. The molecule has 0 saturated heterocycles. The van der Waals surface area contributed by atoms with Crippen molar-refractivity contribution >= 4 is 17.8 Å². The molecule has 0 aliphatic carbocycles. The van der Waals surface area contributed by atoms with Crippen LogP contribution in [0.1, 0.15) is 16.7 Å². The van der Waals surface area contributed by atoms with E-state index in [1.807, 2.05) is 25.1 Å². The van der Waals surface area contributed by atoms with E-state index in [9.17, 15) is 4.39 Å². The second kappa shape index (κ2) is 5.57. The predicted molar refractivity (Wildman–Crippen MR) is 77.5 cm³/mol. The summed E-state index contributed by atoms with van der Waals surface area (Å²) < 4.78 is 18.7. The van der Waals surface area contributed by atoms with Crippen LogP contribution in [0.5, 0.6) is 5.75 Å². The molecule has 0 amide bonds. The fraction of sp³-hybridized carbons (Fsp3) is 0.125. The van der Waals surface area contributed by atoms with E-state index in [4.69, 9.17) is 10.5 Å². The van der Waals surface area contributed by atoms with E-state index >= 15 is 0 Å². The Hall–Kier alpha value is -2.29. The van der Waals surface area contributed by atoms with Crippen LogP contribution in [0.4, 0.5) is 10.1 Å². The lowest BCUT2D eigenvalue weighted by atomic mass is 10.1. The van der Waals surface area contributed by atoms with Crippen molar-refractivity contribution in [3.63, 3.8) is 0 Å². The van der Waals surface area contributed by atoms with E-state index < -0.39 is 0 Å². The van der Waals surface area contributed by atoms with Crippen LogP contribution in [0.3, 0.4) is 0 Å². The fourth-order valence-corrected chi connectivity index (χ4v) is 1.87. The van der Waals surface area contributed by atoms with Gasteiger partial charge in [-0.1, -0.05) is 30.4 Å². The Morgan fingerprint density at radius 2 is 1.79 bits per heavy atom. The first-order valence-corrected chi connectivity index (χ1v) is 5.98. The van der Waals surface area contributed by atoms with Crippen molar-refractivity contribution in [2.24, 2.45) is 0 Å². The van der Waals surface area contributed by atoms with Crippen LogP contribution in [0.15, 0.2) is 36.4 Å². The van der Waals surface area contributed by atoms with Crippen LogP contribution < -0.4 is 10.5 Å². The quantitative estimate of drug-likeness (QED) is 0.668. The molecular formula is C16H16FNO. The largest absolute Gasteiger partial charge is 0.495 e. The van der Waals surface area contributed by atoms with Gasteiger partial charge in [0, 0.05) is 5.56 Å². The van der Waals surface area contributed by atoms with Gasteiger partial charge in [0.2, 0.25) is 0 Å². The number of aryl methyl sites for hydroxylation is 1. The molecule has 2 aromatic carbocycles. The van der Waals surface area contributed by atoms with Crippen LogP contribution in [-0.2, 0) is 0 Å². The Bertz CT molecular complexity index is 620. The monoisotopic (exact) mass is 257 g/mol. The van der Waals surface area contributed by atoms with Gasteiger partial charge < -0.3 is 10.5 Å². The molecule has 2 aromatic rings. The van der Waals surface area contributed by atoms with Crippen LogP contribution in [0.25, 0.3) is 12.2 Å². The van der Waals surface area contributed by atoms with Crippen molar-refractivity contribution in [3.05, 3.63) is 58.9 Å². The van der Waals surface area contributed by atoms with E-state index in [2.05, 4.69) is 0 Å². The average molecular weight is 257 g/mol. The third-order valence-corrected chi connectivity index (χ3v) is 2.97. The first-order valence-electron chi connectivity index (χ1n) is 5.98. The lowest BCUT2D eigenvalue weighted by Gasteiger charge is -2.08. The van der Waals surface area contributed by atoms with E-state index in [0.717, 1.165) is 11.1 Å². The SMILES string of the molecule is COc1cc(/C=C/c2ccccc2F)c(C)cc1N. The van der Waals surface area contributed by atoms with Gasteiger partial charge in [0.15, 0.2) is 0 Å². The maximum atomic E-state index is 13.5. The standard InChI is InChI=1S/C16H16FNO/c1-11-9-15(18)16(19-2)10-13(11)8-7-12-5-3-4-6-14(12)17/h3-10H,18H2,1-2H3/b8-7+. The number of anilines is 1. The maximum absolute atomic E-state index is 13.5. The Kier molecular flexibility index (Phi) is 3.85. The van der Waals surface area contributed by atoms with Gasteiger partial charge in [0.1, 0.15) is 11.6 Å². The summed E-state index contributed by atoms with van der Waals surface area (Å²) in [6.45, 7) is 1.96. The highest BCUT2D eigenvalue weighted by molar-refractivity contribution is 5.74. The molecule has 2 rings (SSSR count). The highest BCUT2D eigenvalue weighted by Crippen LogP contribution is 2.26. The number of methoxy groups -OCH3 is 1. The van der Waals surface area contributed by atoms with Crippen molar-refractivity contribution in [2.75, 3.05) is 12.8 Å². The zero-order valence-corrected chi connectivity index (χ0v) is 11.0. The van der Waals surface area contributed by atoms with E-state index in [1.165, 1.54) is 6.07 Å². The smallest absolute Gasteiger partial charge is 0.142 e. The molecule has 0 atom stereocenters. The molecule has 0 radical (unpaired) electrons. The normalized spacial score (nSPS) is 10.9. The molecule has 0 spiro atoms. The molecule has 0 bridgehead atoms. The molecule has 0 aromatic heterocycles. The highest BCUT2D eigenvalue weighted by atomic mass is 19.1. The molecule has 98 valence electrons. The highest BCUT2D eigenvalue weighted by Gasteiger charge is 2.03. The summed E-state index contributed by atoms with van der Waals surface area (Å²) >= 11 is 0. The molecule has 3 heteroatoms.